The van der Waals surface area contributed by atoms with Crippen molar-refractivity contribution in [1.29, 1.82) is 0 Å². The van der Waals surface area contributed by atoms with E-state index < -0.39 is 143 Å². The first-order valence-electron chi connectivity index (χ1n) is 37.5. The average molecular weight is 1420 g/mol. The Morgan fingerprint density at radius 1 is 0.728 bits per heavy atom. The molecule has 1 aliphatic heterocycles. The molecule has 11 rings (SSSR count). The molecule has 6 fully saturated rings. The zero-order valence-corrected chi connectivity index (χ0v) is 61.8. The second-order valence-corrected chi connectivity index (χ2v) is 32.5. The Labute approximate surface area is 605 Å². The molecule has 5 N–H and O–H groups in total. The van der Waals surface area contributed by atoms with E-state index in [2.05, 4.69) is 56.6 Å². The number of carbonyl (C=O) groups is 9. The van der Waals surface area contributed by atoms with Crippen molar-refractivity contribution in [3.8, 4) is 0 Å². The van der Waals surface area contributed by atoms with Gasteiger partial charge in [-0.2, -0.15) is 0 Å². The van der Waals surface area contributed by atoms with Gasteiger partial charge in [0.05, 0.1) is 36.0 Å². The molecule has 1 heterocycles. The Morgan fingerprint density at radius 3 is 2.05 bits per heavy atom. The monoisotopic (exact) mass is 1420 g/mol. The lowest BCUT2D eigenvalue weighted by Gasteiger charge is -2.67. The number of hydrogen-bond donors (Lipinski definition) is 5. The number of aliphatic hydroxyl groups is 2. The number of hydrogen-bond acceptors (Lipinski definition) is 18. The van der Waals surface area contributed by atoms with Gasteiger partial charge in [0, 0.05) is 63.6 Å². The van der Waals surface area contributed by atoms with E-state index in [1.54, 1.807) is 80.6 Å². The number of allylic oxidation sites excluding steroid dienone is 1. The van der Waals surface area contributed by atoms with Gasteiger partial charge in [-0.15, -0.1) is 0 Å². The summed E-state index contributed by atoms with van der Waals surface area (Å²) in [5.74, 6) is -4.61. The molecule has 0 aromatic heterocycles. The van der Waals surface area contributed by atoms with Gasteiger partial charge in [-0.05, 0) is 153 Å². The summed E-state index contributed by atoms with van der Waals surface area (Å²) in [6.07, 6.45) is 3.13. The van der Waals surface area contributed by atoms with Crippen molar-refractivity contribution >= 4 is 53.5 Å². The van der Waals surface area contributed by atoms with Crippen molar-refractivity contribution in [2.24, 2.45) is 63.1 Å². The van der Waals surface area contributed by atoms with E-state index in [-0.39, 0.29) is 65.5 Å². The minimum Gasteiger partial charge on any atom is -0.455 e. The molecule has 8 aliphatic rings. The number of carbonyl (C=O) groups excluding carboxylic acids is 9. The molecule has 5 saturated carbocycles. The number of Topliss-reactive ketones (excluding diaryl/α,β-unsaturated/α-hetero) is 1. The highest BCUT2D eigenvalue weighted by Crippen LogP contribution is 2.68. The van der Waals surface area contributed by atoms with Crippen LogP contribution in [0.25, 0.3) is 0 Å². The number of rotatable bonds is 23. The normalized spacial score (nSPS) is 33.4. The number of nitrogens with one attached hydrogen (secondary N) is 3. The topological polar surface area (TPSA) is 295 Å². The first kappa shape index (κ1) is 76.4. The lowest BCUT2D eigenvalue weighted by molar-refractivity contribution is -0.346. The molecule has 7 aliphatic carbocycles. The molecule has 1 unspecified atom stereocenters. The van der Waals surface area contributed by atoms with E-state index in [1.165, 1.54) is 95.1 Å². The van der Waals surface area contributed by atoms with Gasteiger partial charge in [0.2, 0.25) is 12.0 Å². The third-order valence-corrected chi connectivity index (χ3v) is 25.8. The maximum Gasteiger partial charge on any atom is 0.407 e. The maximum atomic E-state index is 16.0. The van der Waals surface area contributed by atoms with Crippen molar-refractivity contribution in [3.63, 3.8) is 0 Å². The van der Waals surface area contributed by atoms with Gasteiger partial charge in [-0.25, -0.2) is 14.4 Å². The lowest BCUT2D eigenvalue weighted by Crippen LogP contribution is -2.82. The third-order valence-electron chi connectivity index (χ3n) is 25.8. The molecule has 558 valence electrons. The van der Waals surface area contributed by atoms with Crippen LogP contribution in [0.2, 0.25) is 0 Å². The summed E-state index contributed by atoms with van der Waals surface area (Å²) in [5, 5.41) is 34.9. The fourth-order valence-electron chi connectivity index (χ4n) is 20.3. The number of aliphatic hydroxyl groups excluding tert-OH is 1. The van der Waals surface area contributed by atoms with Gasteiger partial charge in [0.25, 0.3) is 5.91 Å². The predicted molar refractivity (Wildman–Crippen MR) is 380 cm³/mol. The van der Waals surface area contributed by atoms with E-state index in [9.17, 15) is 43.8 Å². The number of benzene rings is 3. The Bertz CT molecular complexity index is 3730. The fourth-order valence-corrected chi connectivity index (χ4v) is 20.3. The van der Waals surface area contributed by atoms with E-state index in [0.717, 1.165) is 56.8 Å². The first-order chi connectivity index (χ1) is 48.9. The van der Waals surface area contributed by atoms with Gasteiger partial charge in [-0.3, -0.25) is 28.8 Å². The largest absolute Gasteiger partial charge is 0.455 e. The Balaban J connectivity index is 0.791. The molecule has 3 amide bonds. The van der Waals surface area contributed by atoms with Crippen molar-refractivity contribution < 1.29 is 86.5 Å². The summed E-state index contributed by atoms with van der Waals surface area (Å²) >= 11 is 0. The van der Waals surface area contributed by atoms with Crippen LogP contribution in [0.3, 0.4) is 0 Å². The molecule has 2 bridgehead atoms. The zero-order valence-electron chi connectivity index (χ0n) is 61.8. The van der Waals surface area contributed by atoms with Crippen LogP contribution in [0.15, 0.2) is 114 Å². The standard InChI is InChI=1S/C82H107N3O18/c1-47(2)23-21-24-48(3)58-33-34-59-57-32-22-31-55-43-56(37-39-78(55,9)60(57)38-40-79(58,59)10)99-76(95)84-42-41-83-64(89)35-36-65(90)101-69(67(52-25-15-12-16-26-52)85-73(92)53-27-17-13-18-28-53)75(94)100-61-45-82(96)72(102-74(93)54-29-19-14-20-30-54)70-80(11,62(88)44-63-81(70,46-97-63)103-51(6)87)71(91)68(98-50(5)86)66(49(61)4)77(82,7)8/h12-20,25-31,47-48,56-63,67-70,72,88,96H,21-24,32-46H2,1-11H3,(H,83,89)(H,84,95)(H,85,92)/t48-,56?,57-,58-,59+,60+,61+,62+,63-,67+,68-,69-,70+,72+,78+,79-,80-,81+,82-/m1/s1. The van der Waals surface area contributed by atoms with Crippen LogP contribution in [0.5, 0.6) is 0 Å². The number of fused-ring (bicyclic) bond motifs is 10. The predicted octanol–water partition coefficient (Wildman–Crippen LogP) is 11.7. The van der Waals surface area contributed by atoms with Crippen LogP contribution in [-0.2, 0) is 61.9 Å². The molecule has 3 aromatic rings. The maximum absolute atomic E-state index is 16.0. The van der Waals surface area contributed by atoms with Crippen LogP contribution < -0.4 is 16.0 Å². The highest BCUT2D eigenvalue weighted by Gasteiger charge is 2.78. The average Bonchev–Trinajstić information content (AvgIpc) is 1.18. The second-order valence-electron chi connectivity index (χ2n) is 32.5. The van der Waals surface area contributed by atoms with E-state index in [4.69, 9.17) is 33.2 Å². The van der Waals surface area contributed by atoms with E-state index in [0.29, 0.717) is 23.7 Å². The molecule has 19 atom stereocenters. The van der Waals surface area contributed by atoms with Gasteiger partial charge < -0.3 is 59.3 Å². The van der Waals surface area contributed by atoms with Crippen LogP contribution >= 0.6 is 0 Å². The lowest BCUT2D eigenvalue weighted by atomic mass is 9.44. The van der Waals surface area contributed by atoms with Crippen LogP contribution in [0.1, 0.15) is 211 Å². The Kier molecular flexibility index (Phi) is 22.8. The molecular formula is C82H107N3O18. The van der Waals surface area contributed by atoms with Crippen molar-refractivity contribution in [1.82, 2.24) is 16.0 Å². The summed E-state index contributed by atoms with van der Waals surface area (Å²) in [4.78, 5) is 129. The van der Waals surface area contributed by atoms with Gasteiger partial charge in [-0.1, -0.05) is 146 Å². The quantitative estimate of drug-likeness (QED) is 0.0255. The molecule has 1 saturated heterocycles. The molecule has 103 heavy (non-hydrogen) atoms. The summed E-state index contributed by atoms with van der Waals surface area (Å²) in [6.45, 7) is 20.1. The molecule has 21 heteroatoms. The van der Waals surface area contributed by atoms with Gasteiger partial charge >= 0.3 is 35.9 Å². The summed E-state index contributed by atoms with van der Waals surface area (Å²) < 4.78 is 43.3. The van der Waals surface area contributed by atoms with Crippen molar-refractivity contribution in [2.45, 2.75) is 239 Å². The second kappa shape index (κ2) is 30.8. The number of ether oxygens (including phenoxy) is 7. The number of ketones is 1. The van der Waals surface area contributed by atoms with Crippen LogP contribution in [-0.4, -0.2) is 137 Å². The molecule has 0 radical (unpaired) electrons. The number of amides is 3. The Morgan fingerprint density at radius 2 is 1.40 bits per heavy atom. The molecule has 0 spiro atoms. The van der Waals surface area contributed by atoms with Crippen molar-refractivity contribution in [3.05, 3.63) is 130 Å². The minimum atomic E-state index is -2.53. The van der Waals surface area contributed by atoms with E-state index in [1.807, 2.05) is 0 Å². The number of esters is 5. The van der Waals surface area contributed by atoms with Crippen molar-refractivity contribution in [2.75, 3.05) is 19.7 Å². The van der Waals surface area contributed by atoms with Gasteiger partial charge in [0.15, 0.2) is 17.5 Å². The van der Waals surface area contributed by atoms with Crippen LogP contribution in [0, 0.1) is 63.1 Å². The molecule has 21 nitrogen and oxygen atoms in total. The SMILES string of the molecule is CC(=O)O[C@H]1C(=O)[C@@]2(C)[C@H]([C@H](OC(=O)c3ccccc3)[C@]3(O)C[C@H](OC(=O)[C@H](OC(=O)CCC(=O)NCCNC(=O)OC4CC[C@@]5(C)C(=CCC[C@@H]6[C@@H]7CC[C@H]([C@H](C)CCCC(C)C)[C@@]7(C)CC[C@@H]65)C4)[C@@H](NC(=O)c4ccccc4)c4ccccc4)C(C)=C1C3(C)C)[C@]1(OC(C)=O)CO[C@@H]1C[C@@H]2O. The minimum absolute atomic E-state index is 0.0105. The number of alkyl carbamates (subject to hydrolysis) is 1. The fraction of sp³-hybridized carbons (Fsp3) is 0.622. The van der Waals surface area contributed by atoms with Gasteiger partial charge in [0.1, 0.15) is 36.1 Å². The Hall–Kier alpha value is -7.75. The third kappa shape index (κ3) is 14.9. The summed E-state index contributed by atoms with van der Waals surface area (Å²) in [5.41, 5.74) is -5.97. The highest BCUT2D eigenvalue weighted by atomic mass is 16.6. The zero-order chi connectivity index (χ0) is 74.1. The molecule has 3 aromatic carbocycles. The summed E-state index contributed by atoms with van der Waals surface area (Å²) in [6, 6.07) is 22.5. The smallest absolute Gasteiger partial charge is 0.407 e. The molecular weight excluding hydrogens is 1310 g/mol. The van der Waals surface area contributed by atoms with E-state index >= 15 is 9.59 Å². The van der Waals surface area contributed by atoms with Crippen LogP contribution in [0.4, 0.5) is 4.79 Å². The summed E-state index contributed by atoms with van der Waals surface area (Å²) in [7, 11) is 0. The first-order valence-corrected chi connectivity index (χ1v) is 37.5. The highest BCUT2D eigenvalue weighted by molar-refractivity contribution is 5.97.